The van der Waals surface area contributed by atoms with Crippen LogP contribution in [0.2, 0.25) is 0 Å². The number of aliphatic hydroxyl groups excluding tert-OH is 1. The lowest BCUT2D eigenvalue weighted by atomic mass is 9.82. The highest BCUT2D eigenvalue weighted by atomic mass is 16.7. The third-order valence-electron chi connectivity index (χ3n) is 6.34. The zero-order valence-corrected chi connectivity index (χ0v) is 21.3. The second-order valence-corrected chi connectivity index (χ2v) is 10.3. The Kier molecular flexibility index (Phi) is 6.92. The van der Waals surface area contributed by atoms with Crippen molar-refractivity contribution in [3.8, 4) is 0 Å². The first kappa shape index (κ1) is 26.1. The van der Waals surface area contributed by atoms with Crippen LogP contribution in [0.15, 0.2) is 42.5 Å². The zero-order chi connectivity index (χ0) is 27.1. The van der Waals surface area contributed by atoms with E-state index in [1.54, 1.807) is 69.8 Å². The van der Waals surface area contributed by atoms with Crippen LogP contribution in [-0.2, 0) is 30.9 Å². The minimum absolute atomic E-state index is 0.0592. The molecule has 2 aromatic rings. The highest BCUT2D eigenvalue weighted by molar-refractivity contribution is 6.07. The summed E-state index contributed by atoms with van der Waals surface area (Å²) in [6.45, 7) is 5.99. The number of hydrogen-bond acceptors (Lipinski definition) is 8. The number of ether oxygens (including phenoxy) is 2. The molecule has 11 heteroatoms. The molecule has 0 saturated carbocycles. The first-order chi connectivity index (χ1) is 17.4. The molecule has 1 saturated heterocycles. The van der Waals surface area contributed by atoms with Crippen molar-refractivity contribution in [1.29, 1.82) is 0 Å². The van der Waals surface area contributed by atoms with Crippen LogP contribution in [0.3, 0.4) is 0 Å². The van der Waals surface area contributed by atoms with Gasteiger partial charge in [0.15, 0.2) is 0 Å². The van der Waals surface area contributed by atoms with Crippen LogP contribution in [0.1, 0.15) is 50.2 Å². The van der Waals surface area contributed by atoms with Gasteiger partial charge in [0.05, 0.1) is 29.8 Å². The molecule has 0 bridgehead atoms. The number of anilines is 1. The molecule has 0 spiro atoms. The number of hydrogen-bond donors (Lipinski definition) is 2. The van der Waals surface area contributed by atoms with Gasteiger partial charge in [0, 0.05) is 18.9 Å². The van der Waals surface area contributed by atoms with Crippen LogP contribution in [-0.4, -0.2) is 62.2 Å². The molecule has 1 fully saturated rings. The van der Waals surface area contributed by atoms with E-state index in [-0.39, 0.29) is 29.2 Å². The van der Waals surface area contributed by atoms with E-state index >= 15 is 0 Å². The smallest absolute Gasteiger partial charge is 0.358 e. The second-order valence-electron chi connectivity index (χ2n) is 10.3. The molecule has 2 amide bonds. The number of aryl methyl sites for hydroxylation is 1. The summed E-state index contributed by atoms with van der Waals surface area (Å²) in [7, 11) is 1.76. The van der Waals surface area contributed by atoms with Gasteiger partial charge >= 0.3 is 11.9 Å². The van der Waals surface area contributed by atoms with Gasteiger partial charge in [-0.3, -0.25) is 14.4 Å². The Balaban J connectivity index is 1.54. The first-order valence-electron chi connectivity index (χ1n) is 11.9. The summed E-state index contributed by atoms with van der Waals surface area (Å²) in [6, 6.07) is 6.43. The summed E-state index contributed by atoms with van der Waals surface area (Å²) in [4.78, 5) is 55.6. The number of β-lactam (4-membered cyclic amide) rings is 1. The summed E-state index contributed by atoms with van der Waals surface area (Å²) >= 11 is 0. The van der Waals surface area contributed by atoms with Gasteiger partial charge < -0.3 is 29.4 Å². The number of benzene rings is 1. The molecule has 0 unspecified atom stereocenters. The molecule has 0 aliphatic carbocycles. The van der Waals surface area contributed by atoms with Crippen LogP contribution in [0.4, 0.5) is 5.69 Å². The fraction of sp³-hybridized carbons (Fsp3) is 0.423. The summed E-state index contributed by atoms with van der Waals surface area (Å²) in [5.74, 6) is -2.69. The zero-order valence-electron chi connectivity index (χ0n) is 21.3. The van der Waals surface area contributed by atoms with Gasteiger partial charge in [0.25, 0.3) is 5.91 Å². The van der Waals surface area contributed by atoms with Gasteiger partial charge in [0.1, 0.15) is 11.4 Å². The average Bonchev–Trinajstić information content (AvgIpc) is 3.40. The van der Waals surface area contributed by atoms with Crippen LogP contribution < -0.4 is 5.32 Å². The van der Waals surface area contributed by atoms with Gasteiger partial charge in [-0.25, -0.2) is 9.78 Å². The lowest BCUT2D eigenvalue weighted by molar-refractivity contribution is -0.175. The van der Waals surface area contributed by atoms with Crippen molar-refractivity contribution in [2.24, 2.45) is 18.4 Å². The maximum Gasteiger partial charge on any atom is 0.358 e. The maximum atomic E-state index is 13.0. The van der Waals surface area contributed by atoms with Gasteiger partial charge in [-0.2, -0.15) is 0 Å². The summed E-state index contributed by atoms with van der Waals surface area (Å²) < 4.78 is 11.9. The van der Waals surface area contributed by atoms with Crippen LogP contribution in [0.5, 0.6) is 0 Å². The normalized spacial score (nSPS) is 19.7. The lowest BCUT2D eigenvalue weighted by Gasteiger charge is -2.44. The number of nitrogens with one attached hydrogen (secondary N) is 1. The molecule has 4 rings (SSSR count). The predicted molar refractivity (Wildman–Crippen MR) is 131 cm³/mol. The van der Waals surface area contributed by atoms with E-state index in [2.05, 4.69) is 10.3 Å². The van der Waals surface area contributed by atoms with Gasteiger partial charge in [-0.1, -0.05) is 12.1 Å². The van der Waals surface area contributed by atoms with Gasteiger partial charge in [-0.05, 0) is 57.4 Å². The monoisotopic (exact) mass is 510 g/mol. The van der Waals surface area contributed by atoms with E-state index in [0.29, 0.717) is 23.2 Å². The van der Waals surface area contributed by atoms with Crippen molar-refractivity contribution >= 4 is 35.0 Å². The Bertz CT molecular complexity index is 1270. The number of fused-ring (bicyclic) bond motifs is 1. The Morgan fingerprint density at radius 1 is 1.19 bits per heavy atom. The quantitative estimate of drug-likeness (QED) is 0.328. The SMILES string of the molecule is C[C@@H](O)[C@H]1C(=O)N2C(C(=O)OCOC(=O)C(C)(C)C)=C(c3ccc(NC(=O)c4cn(C)cn4)cc3)C[C@H]12. The van der Waals surface area contributed by atoms with E-state index < -0.39 is 36.2 Å². The minimum atomic E-state index is -0.873. The first-order valence-corrected chi connectivity index (χ1v) is 11.9. The van der Waals surface area contributed by atoms with Crippen LogP contribution in [0.25, 0.3) is 5.57 Å². The largest absolute Gasteiger partial charge is 0.427 e. The molecule has 3 heterocycles. The maximum absolute atomic E-state index is 13.0. The fourth-order valence-electron chi connectivity index (χ4n) is 4.42. The molecule has 0 radical (unpaired) electrons. The topological polar surface area (TPSA) is 140 Å². The molecule has 37 heavy (non-hydrogen) atoms. The Morgan fingerprint density at radius 2 is 1.86 bits per heavy atom. The summed E-state index contributed by atoms with van der Waals surface area (Å²) in [6.07, 6.45) is 2.60. The van der Waals surface area contributed by atoms with Crippen LogP contribution in [0, 0.1) is 11.3 Å². The molecule has 3 atom stereocenters. The summed E-state index contributed by atoms with van der Waals surface area (Å²) in [5, 5.41) is 12.8. The Morgan fingerprint density at radius 3 is 2.43 bits per heavy atom. The van der Waals surface area contributed by atoms with Gasteiger partial charge in [-0.15, -0.1) is 0 Å². The van der Waals surface area contributed by atoms with Gasteiger partial charge in [0.2, 0.25) is 12.7 Å². The fourth-order valence-corrected chi connectivity index (χ4v) is 4.42. The van der Waals surface area contributed by atoms with Crippen molar-refractivity contribution in [3.63, 3.8) is 0 Å². The Labute approximate surface area is 214 Å². The van der Waals surface area contributed by atoms with E-state index in [0.717, 1.165) is 0 Å². The Hall–Kier alpha value is -3.99. The molecule has 11 nitrogen and oxygen atoms in total. The number of rotatable bonds is 7. The molecular formula is C26H30N4O7. The molecule has 2 aliphatic heterocycles. The number of nitrogens with zero attached hydrogens (tertiary/aromatic N) is 3. The molecular weight excluding hydrogens is 480 g/mol. The standard InChI is InChI=1S/C26H30N4O7/c1-14(31)20-19-10-17(15-6-8-16(9-7-15)28-22(32)18-11-29(5)12-27-18)21(30(19)23(20)33)24(34)36-13-37-25(35)26(2,3)4/h6-9,11-12,14,19-20,31H,10,13H2,1-5H3,(H,28,32)/t14-,19-,20-/m1/s1. The molecule has 2 aliphatic rings. The van der Waals surface area contributed by atoms with Crippen molar-refractivity contribution in [2.45, 2.75) is 46.3 Å². The average molecular weight is 511 g/mol. The third kappa shape index (κ3) is 5.12. The number of amides is 2. The van der Waals surface area contributed by atoms with E-state index in [1.807, 2.05) is 0 Å². The van der Waals surface area contributed by atoms with E-state index in [4.69, 9.17) is 9.47 Å². The number of esters is 2. The third-order valence-corrected chi connectivity index (χ3v) is 6.34. The highest BCUT2D eigenvalue weighted by Crippen LogP contribution is 2.47. The van der Waals surface area contributed by atoms with Crippen molar-refractivity contribution in [1.82, 2.24) is 14.5 Å². The predicted octanol–water partition coefficient (Wildman–Crippen LogP) is 2.08. The summed E-state index contributed by atoms with van der Waals surface area (Å²) in [5.41, 5.74) is 1.31. The minimum Gasteiger partial charge on any atom is -0.427 e. The number of carbonyl (C=O) groups excluding carboxylic acids is 4. The molecule has 1 aromatic heterocycles. The van der Waals surface area contributed by atoms with Crippen molar-refractivity contribution < 1.29 is 33.8 Å². The van der Waals surface area contributed by atoms with Crippen molar-refractivity contribution in [3.05, 3.63) is 53.7 Å². The number of imidazole rings is 1. The molecule has 196 valence electrons. The number of aliphatic hydroxyl groups is 1. The number of carbonyl (C=O) groups is 4. The molecule has 1 aromatic carbocycles. The second kappa shape index (κ2) is 9.81. The van der Waals surface area contributed by atoms with Crippen molar-refractivity contribution in [2.75, 3.05) is 12.1 Å². The van der Waals surface area contributed by atoms with E-state index in [1.165, 1.54) is 11.2 Å². The number of aromatic nitrogens is 2. The lowest BCUT2D eigenvalue weighted by Crippen LogP contribution is -2.61. The molecule has 2 N–H and O–H groups in total. The van der Waals surface area contributed by atoms with E-state index in [9.17, 15) is 24.3 Å². The highest BCUT2D eigenvalue weighted by Gasteiger charge is 2.57. The van der Waals surface area contributed by atoms with Crippen LogP contribution >= 0.6 is 0 Å².